The highest BCUT2D eigenvalue weighted by molar-refractivity contribution is 6.58. The maximum atomic E-state index is 13.6. The fraction of sp³-hybridized carbons (Fsp3) is 0.0769. The van der Waals surface area contributed by atoms with Crippen LogP contribution in [-0.4, -0.2) is 17.2 Å². The van der Waals surface area contributed by atoms with Crippen LogP contribution in [0.4, 0.5) is 17.6 Å². The van der Waals surface area contributed by atoms with Gasteiger partial charge in [-0.2, -0.15) is 13.2 Å². The van der Waals surface area contributed by atoms with Gasteiger partial charge in [-0.1, -0.05) is 24.3 Å². The van der Waals surface area contributed by atoms with E-state index in [1.807, 2.05) is 0 Å². The highest BCUT2D eigenvalue weighted by Gasteiger charge is 2.30. The molecule has 0 bridgehead atoms. The summed E-state index contributed by atoms with van der Waals surface area (Å²) in [6.45, 7) is 0. The fourth-order valence-electron chi connectivity index (χ4n) is 1.79. The molecule has 0 aliphatic heterocycles. The molecule has 2 aromatic rings. The van der Waals surface area contributed by atoms with Crippen molar-refractivity contribution in [2.75, 3.05) is 0 Å². The van der Waals surface area contributed by atoms with Crippen molar-refractivity contribution in [2.24, 2.45) is 0 Å². The number of rotatable bonds is 2. The molecule has 0 spiro atoms. The predicted molar refractivity (Wildman–Crippen MR) is 66.7 cm³/mol. The SMILES string of the molecule is OB(O)c1ccc(-c2cccc(C(F)(F)F)c2)cc1F. The minimum absolute atomic E-state index is 0.192. The minimum atomic E-state index is -4.48. The van der Waals surface area contributed by atoms with Crippen LogP contribution in [0.1, 0.15) is 5.56 Å². The minimum Gasteiger partial charge on any atom is -0.423 e. The molecule has 0 radical (unpaired) electrons. The third kappa shape index (κ3) is 3.00. The third-order valence-electron chi connectivity index (χ3n) is 2.80. The van der Waals surface area contributed by atoms with E-state index in [1.54, 1.807) is 0 Å². The van der Waals surface area contributed by atoms with Gasteiger partial charge in [-0.3, -0.25) is 0 Å². The number of hydrogen-bond donors (Lipinski definition) is 2. The molecule has 0 aliphatic rings. The van der Waals surface area contributed by atoms with Crippen LogP contribution in [-0.2, 0) is 6.18 Å². The number of hydrogen-bond acceptors (Lipinski definition) is 2. The first-order valence-electron chi connectivity index (χ1n) is 5.62. The second-order valence-electron chi connectivity index (χ2n) is 4.19. The lowest BCUT2D eigenvalue weighted by atomic mass is 9.79. The van der Waals surface area contributed by atoms with E-state index < -0.39 is 24.7 Å². The summed E-state index contributed by atoms with van der Waals surface area (Å²) < 4.78 is 51.4. The van der Waals surface area contributed by atoms with E-state index in [9.17, 15) is 17.6 Å². The van der Waals surface area contributed by atoms with Gasteiger partial charge in [0.25, 0.3) is 0 Å². The number of alkyl halides is 3. The Morgan fingerprint density at radius 2 is 1.55 bits per heavy atom. The van der Waals surface area contributed by atoms with Crippen molar-refractivity contribution in [2.45, 2.75) is 6.18 Å². The zero-order chi connectivity index (χ0) is 14.9. The molecule has 0 heterocycles. The van der Waals surface area contributed by atoms with E-state index >= 15 is 0 Å². The van der Waals surface area contributed by atoms with Crippen molar-refractivity contribution in [3.63, 3.8) is 0 Å². The molecule has 20 heavy (non-hydrogen) atoms. The molecule has 0 fully saturated rings. The second-order valence-corrected chi connectivity index (χ2v) is 4.19. The molecule has 0 atom stereocenters. The largest absolute Gasteiger partial charge is 0.491 e. The molecule has 0 unspecified atom stereocenters. The molecule has 0 saturated carbocycles. The molecule has 2 aromatic carbocycles. The maximum Gasteiger partial charge on any atom is 0.491 e. The van der Waals surface area contributed by atoms with Crippen molar-refractivity contribution in [1.82, 2.24) is 0 Å². The van der Waals surface area contributed by atoms with Crippen molar-refractivity contribution < 1.29 is 27.6 Å². The van der Waals surface area contributed by atoms with Crippen LogP contribution in [0.2, 0.25) is 0 Å². The zero-order valence-electron chi connectivity index (χ0n) is 10.0. The van der Waals surface area contributed by atoms with Gasteiger partial charge in [-0.25, -0.2) is 4.39 Å². The van der Waals surface area contributed by atoms with Gasteiger partial charge >= 0.3 is 13.3 Å². The molecule has 0 saturated heterocycles. The van der Waals surface area contributed by atoms with Gasteiger partial charge in [-0.15, -0.1) is 0 Å². The van der Waals surface area contributed by atoms with Crippen molar-refractivity contribution >= 4 is 12.6 Å². The Morgan fingerprint density at radius 3 is 2.10 bits per heavy atom. The average Bonchev–Trinajstić information content (AvgIpc) is 2.37. The summed E-state index contributed by atoms with van der Waals surface area (Å²) in [7, 11) is -1.97. The lowest BCUT2D eigenvalue weighted by Gasteiger charge is -2.10. The van der Waals surface area contributed by atoms with E-state index in [1.165, 1.54) is 18.2 Å². The first-order chi connectivity index (χ1) is 9.29. The lowest BCUT2D eigenvalue weighted by Crippen LogP contribution is -2.32. The normalized spacial score (nSPS) is 11.5. The first-order valence-corrected chi connectivity index (χ1v) is 5.62. The van der Waals surface area contributed by atoms with Crippen LogP contribution in [0.15, 0.2) is 42.5 Å². The summed E-state index contributed by atoms with van der Waals surface area (Å²) in [5.74, 6) is -0.894. The molecular formula is C13H9BF4O2. The van der Waals surface area contributed by atoms with Crippen LogP contribution in [0, 0.1) is 5.82 Å². The Hall–Kier alpha value is -1.86. The third-order valence-corrected chi connectivity index (χ3v) is 2.80. The van der Waals surface area contributed by atoms with Crippen LogP contribution >= 0.6 is 0 Å². The van der Waals surface area contributed by atoms with E-state index in [0.717, 1.165) is 24.3 Å². The van der Waals surface area contributed by atoms with Crippen LogP contribution < -0.4 is 5.46 Å². The van der Waals surface area contributed by atoms with E-state index in [0.29, 0.717) is 0 Å². The summed E-state index contributed by atoms with van der Waals surface area (Å²) in [4.78, 5) is 0. The molecule has 2 rings (SSSR count). The summed E-state index contributed by atoms with van der Waals surface area (Å²) in [6.07, 6.45) is -4.48. The summed E-state index contributed by atoms with van der Waals surface area (Å²) in [5.41, 5.74) is -0.752. The molecule has 0 aromatic heterocycles. The smallest absolute Gasteiger partial charge is 0.423 e. The highest BCUT2D eigenvalue weighted by Crippen LogP contribution is 2.32. The highest BCUT2D eigenvalue weighted by atomic mass is 19.4. The molecule has 0 aliphatic carbocycles. The van der Waals surface area contributed by atoms with Crippen molar-refractivity contribution in [1.29, 1.82) is 0 Å². The van der Waals surface area contributed by atoms with Crippen LogP contribution in [0.3, 0.4) is 0 Å². The average molecular weight is 284 g/mol. The maximum absolute atomic E-state index is 13.6. The van der Waals surface area contributed by atoms with Gasteiger partial charge in [0.1, 0.15) is 5.82 Å². The molecule has 2 N–H and O–H groups in total. The van der Waals surface area contributed by atoms with E-state index in [4.69, 9.17) is 10.0 Å². The van der Waals surface area contributed by atoms with Gasteiger partial charge in [0.05, 0.1) is 5.56 Å². The van der Waals surface area contributed by atoms with Crippen molar-refractivity contribution in [3.05, 3.63) is 53.8 Å². The zero-order valence-corrected chi connectivity index (χ0v) is 10.0. The predicted octanol–water partition coefficient (Wildman–Crippen LogP) is 2.19. The Labute approximate surface area is 112 Å². The Bertz CT molecular complexity index is 626. The molecular weight excluding hydrogens is 275 g/mol. The Morgan fingerprint density at radius 1 is 0.900 bits per heavy atom. The van der Waals surface area contributed by atoms with E-state index in [2.05, 4.69) is 0 Å². The molecule has 2 nitrogen and oxygen atoms in total. The molecule has 7 heteroatoms. The summed E-state index contributed by atoms with van der Waals surface area (Å²) >= 11 is 0. The van der Waals surface area contributed by atoms with Gasteiger partial charge in [0.2, 0.25) is 0 Å². The van der Waals surface area contributed by atoms with Gasteiger partial charge in [0.15, 0.2) is 0 Å². The lowest BCUT2D eigenvalue weighted by molar-refractivity contribution is -0.137. The Kier molecular flexibility index (Phi) is 3.83. The fourth-order valence-corrected chi connectivity index (χ4v) is 1.79. The summed E-state index contributed by atoms with van der Waals surface area (Å²) in [6, 6.07) is 7.88. The topological polar surface area (TPSA) is 40.5 Å². The number of benzene rings is 2. The first kappa shape index (κ1) is 14.6. The van der Waals surface area contributed by atoms with Crippen LogP contribution in [0.5, 0.6) is 0 Å². The molecule has 104 valence electrons. The van der Waals surface area contributed by atoms with Crippen molar-refractivity contribution in [3.8, 4) is 11.1 Å². The Balaban J connectivity index is 2.45. The van der Waals surface area contributed by atoms with Gasteiger partial charge in [0, 0.05) is 5.46 Å². The van der Waals surface area contributed by atoms with Gasteiger partial charge < -0.3 is 10.0 Å². The summed E-state index contributed by atoms with van der Waals surface area (Å²) in [5, 5.41) is 17.8. The van der Waals surface area contributed by atoms with Crippen LogP contribution in [0.25, 0.3) is 11.1 Å². The van der Waals surface area contributed by atoms with E-state index in [-0.39, 0.29) is 16.6 Å². The van der Waals surface area contributed by atoms with Gasteiger partial charge in [-0.05, 0) is 29.3 Å². The molecule has 0 amide bonds. The number of halogens is 4. The second kappa shape index (κ2) is 5.26. The standard InChI is InChI=1S/C13H9BF4O2/c15-12-7-9(4-5-11(12)14(19)20)8-2-1-3-10(6-8)13(16,17)18/h1-7,19-20H. The quantitative estimate of drug-likeness (QED) is 0.655. The monoisotopic (exact) mass is 284 g/mol.